The second-order valence-electron chi connectivity index (χ2n) is 9.40. The summed E-state index contributed by atoms with van der Waals surface area (Å²) >= 11 is 3.58. The molecule has 2 aliphatic rings. The van der Waals surface area contributed by atoms with Crippen LogP contribution in [0.3, 0.4) is 0 Å². The molecule has 5 nitrogen and oxygen atoms in total. The van der Waals surface area contributed by atoms with Crippen LogP contribution in [0, 0.1) is 5.92 Å². The van der Waals surface area contributed by atoms with Crippen LogP contribution in [0.2, 0.25) is 0 Å². The minimum atomic E-state index is -0.494. The van der Waals surface area contributed by atoms with Crippen molar-refractivity contribution in [2.24, 2.45) is 5.92 Å². The third kappa shape index (κ3) is 7.71. The average molecular weight is 479 g/mol. The zero-order valence-electron chi connectivity index (χ0n) is 18.4. The molecule has 1 aliphatic heterocycles. The molecule has 1 heterocycles. The predicted octanol–water partition coefficient (Wildman–Crippen LogP) is 5.25. The number of halogens is 1. The van der Waals surface area contributed by atoms with E-state index in [4.69, 9.17) is 9.47 Å². The van der Waals surface area contributed by atoms with Gasteiger partial charge in [0.2, 0.25) is 0 Å². The number of carbonyl (C=O) groups is 1. The number of likely N-dealkylation sites (tertiary alicyclic amines) is 1. The summed E-state index contributed by atoms with van der Waals surface area (Å²) in [6.45, 7) is 9.11. The molecule has 3 atom stereocenters. The Hall–Kier alpha value is -1.37. The van der Waals surface area contributed by atoms with Gasteiger partial charge in [-0.1, -0.05) is 52.3 Å². The average Bonchev–Trinajstić information content (AvgIpc) is 2.68. The number of hydrogen-bond donors (Lipinski definition) is 1. The fourth-order valence-corrected chi connectivity index (χ4v) is 4.52. The Balaban J connectivity index is 1.59. The van der Waals surface area contributed by atoms with Crippen molar-refractivity contribution in [2.45, 2.75) is 70.7 Å². The Kier molecular flexibility index (Phi) is 8.37. The number of nitrogens with one attached hydrogen (secondary N) is 1. The lowest BCUT2D eigenvalue weighted by Gasteiger charge is -2.39. The highest BCUT2D eigenvalue weighted by Gasteiger charge is 2.32. The summed E-state index contributed by atoms with van der Waals surface area (Å²) in [5.41, 5.74) is 0.823. The Morgan fingerprint density at radius 2 is 2.00 bits per heavy atom. The second kappa shape index (κ2) is 10.8. The molecule has 1 N–H and O–H groups in total. The monoisotopic (exact) mass is 478 g/mol. The normalized spacial score (nSPS) is 25.5. The number of ether oxygens (including phenoxy) is 2. The fraction of sp³-hybridized carbons (Fsp3) is 0.625. The van der Waals surface area contributed by atoms with E-state index in [9.17, 15) is 4.79 Å². The molecule has 0 bridgehead atoms. The molecule has 1 aromatic carbocycles. The van der Waals surface area contributed by atoms with E-state index in [1.165, 1.54) is 10.0 Å². The van der Waals surface area contributed by atoms with Crippen LogP contribution in [0.5, 0.6) is 0 Å². The largest absolute Gasteiger partial charge is 0.444 e. The van der Waals surface area contributed by atoms with Crippen molar-refractivity contribution in [3.05, 3.63) is 46.5 Å². The number of carbonyl (C=O) groups excluding carboxylic acids is 1. The van der Waals surface area contributed by atoms with Crippen LogP contribution < -0.4 is 5.32 Å². The van der Waals surface area contributed by atoms with E-state index in [1.807, 2.05) is 26.8 Å². The van der Waals surface area contributed by atoms with Gasteiger partial charge in [-0.25, -0.2) is 4.79 Å². The summed E-state index contributed by atoms with van der Waals surface area (Å²) in [5.74, 6) is 0.240. The van der Waals surface area contributed by atoms with E-state index >= 15 is 0 Å². The van der Waals surface area contributed by atoms with Gasteiger partial charge in [0.15, 0.2) is 0 Å². The minimum Gasteiger partial charge on any atom is -0.444 e. The van der Waals surface area contributed by atoms with E-state index in [0.29, 0.717) is 6.61 Å². The topological polar surface area (TPSA) is 50.8 Å². The lowest BCUT2D eigenvalue weighted by molar-refractivity contribution is -0.00991. The molecular weight excluding hydrogens is 444 g/mol. The number of benzene rings is 1. The van der Waals surface area contributed by atoms with Crippen molar-refractivity contribution in [1.82, 2.24) is 10.2 Å². The van der Waals surface area contributed by atoms with Crippen molar-refractivity contribution in [2.75, 3.05) is 19.7 Å². The number of nitrogens with zero attached hydrogens (tertiary/aromatic N) is 1. The highest BCUT2D eigenvalue weighted by molar-refractivity contribution is 9.11. The smallest absolute Gasteiger partial charge is 0.407 e. The molecule has 6 heteroatoms. The van der Waals surface area contributed by atoms with Crippen LogP contribution in [0.1, 0.15) is 52.0 Å². The minimum absolute atomic E-state index is 0.0674. The van der Waals surface area contributed by atoms with Gasteiger partial charge < -0.3 is 14.8 Å². The third-order valence-corrected chi connectivity index (χ3v) is 6.34. The second-order valence-corrected chi connectivity index (χ2v) is 10.4. The Morgan fingerprint density at radius 1 is 1.23 bits per heavy atom. The van der Waals surface area contributed by atoms with Gasteiger partial charge in [0, 0.05) is 31.6 Å². The Bertz CT molecular complexity index is 717. The molecular formula is C24H35BrN2O3. The number of hydrogen-bond acceptors (Lipinski definition) is 4. The number of allylic oxidation sites excluding steroid dienone is 1. The Labute approximate surface area is 189 Å². The molecule has 0 radical (unpaired) electrons. The van der Waals surface area contributed by atoms with Crippen molar-refractivity contribution < 1.29 is 14.3 Å². The zero-order valence-corrected chi connectivity index (χ0v) is 20.0. The number of amides is 1. The number of alkyl carbamates (subject to hydrolysis) is 1. The van der Waals surface area contributed by atoms with Gasteiger partial charge in [-0.3, -0.25) is 4.90 Å². The van der Waals surface area contributed by atoms with Gasteiger partial charge >= 0.3 is 6.09 Å². The first-order chi connectivity index (χ1) is 14.3. The number of rotatable bonds is 6. The lowest BCUT2D eigenvalue weighted by atomic mass is 9.92. The molecule has 1 amide bonds. The van der Waals surface area contributed by atoms with Gasteiger partial charge in [0.1, 0.15) is 5.60 Å². The van der Waals surface area contributed by atoms with Crippen LogP contribution >= 0.6 is 15.9 Å². The first kappa shape index (κ1) is 23.3. The fourth-order valence-electron chi connectivity index (χ4n) is 4.10. The van der Waals surface area contributed by atoms with Gasteiger partial charge in [-0.05, 0) is 56.5 Å². The third-order valence-electron chi connectivity index (χ3n) is 5.62. The highest BCUT2D eigenvalue weighted by Crippen LogP contribution is 2.26. The molecule has 1 aliphatic carbocycles. The molecule has 3 unspecified atom stereocenters. The standard InChI is InChI=1S/C24H35BrN2O3/c1-24(2,3)30-23(28)26-22-13-14-27(15-18-7-5-4-6-8-18)16-19(22)17-29-21-11-9-20(25)10-12-21/h4-9,19,21-22H,10-17H2,1-3H3,(H,26,28). The van der Waals surface area contributed by atoms with E-state index in [0.717, 1.165) is 45.3 Å². The molecule has 166 valence electrons. The zero-order chi connectivity index (χ0) is 21.6. The SMILES string of the molecule is CC(C)(C)OC(=O)NC1CCN(Cc2ccccc2)CC1COC1CC=C(Br)CC1. The van der Waals surface area contributed by atoms with Crippen molar-refractivity contribution >= 4 is 22.0 Å². The van der Waals surface area contributed by atoms with Crippen LogP contribution in [0.4, 0.5) is 4.79 Å². The summed E-state index contributed by atoms with van der Waals surface area (Å²) in [6, 6.07) is 10.6. The van der Waals surface area contributed by atoms with Crippen molar-refractivity contribution in [1.29, 1.82) is 0 Å². The molecule has 1 saturated heterocycles. The van der Waals surface area contributed by atoms with Crippen LogP contribution in [-0.4, -0.2) is 48.4 Å². The van der Waals surface area contributed by atoms with E-state index in [-0.39, 0.29) is 24.2 Å². The molecule has 0 saturated carbocycles. The van der Waals surface area contributed by atoms with Crippen LogP contribution in [0.15, 0.2) is 40.9 Å². The quantitative estimate of drug-likeness (QED) is 0.606. The first-order valence-corrected chi connectivity index (χ1v) is 11.8. The maximum absolute atomic E-state index is 12.4. The van der Waals surface area contributed by atoms with Gasteiger partial charge in [-0.15, -0.1) is 0 Å². The van der Waals surface area contributed by atoms with Crippen LogP contribution in [-0.2, 0) is 16.0 Å². The van der Waals surface area contributed by atoms with Gasteiger partial charge in [0.25, 0.3) is 0 Å². The summed E-state index contributed by atoms with van der Waals surface area (Å²) in [7, 11) is 0. The summed E-state index contributed by atoms with van der Waals surface area (Å²) in [5, 5.41) is 3.12. The van der Waals surface area contributed by atoms with E-state index in [1.54, 1.807) is 0 Å². The summed E-state index contributed by atoms with van der Waals surface area (Å²) in [6.07, 6.45) is 6.07. The number of piperidine rings is 1. The Morgan fingerprint density at radius 3 is 2.67 bits per heavy atom. The molecule has 0 aromatic heterocycles. The summed E-state index contributed by atoms with van der Waals surface area (Å²) < 4.78 is 13.1. The molecule has 30 heavy (non-hydrogen) atoms. The molecule has 0 spiro atoms. The molecule has 3 rings (SSSR count). The predicted molar refractivity (Wildman–Crippen MR) is 124 cm³/mol. The van der Waals surface area contributed by atoms with Crippen LogP contribution in [0.25, 0.3) is 0 Å². The molecule has 1 fully saturated rings. The van der Waals surface area contributed by atoms with Gasteiger partial charge in [0.05, 0.1) is 12.7 Å². The summed E-state index contributed by atoms with van der Waals surface area (Å²) in [4.78, 5) is 14.9. The van der Waals surface area contributed by atoms with E-state index in [2.05, 4.69) is 56.5 Å². The highest BCUT2D eigenvalue weighted by atomic mass is 79.9. The van der Waals surface area contributed by atoms with Crippen molar-refractivity contribution in [3.8, 4) is 0 Å². The molecule has 1 aromatic rings. The first-order valence-electron chi connectivity index (χ1n) is 11.0. The van der Waals surface area contributed by atoms with E-state index < -0.39 is 5.60 Å². The lowest BCUT2D eigenvalue weighted by Crippen LogP contribution is -2.53. The maximum atomic E-state index is 12.4. The van der Waals surface area contributed by atoms with Gasteiger partial charge in [-0.2, -0.15) is 0 Å². The maximum Gasteiger partial charge on any atom is 0.407 e. The van der Waals surface area contributed by atoms with Crippen molar-refractivity contribution in [3.63, 3.8) is 0 Å².